The number of amides is 2. The van der Waals surface area contributed by atoms with Crippen LogP contribution in [0.5, 0.6) is 0 Å². The van der Waals surface area contributed by atoms with Gasteiger partial charge < -0.3 is 15.1 Å². The van der Waals surface area contributed by atoms with E-state index < -0.39 is 28.7 Å². The predicted octanol–water partition coefficient (Wildman–Crippen LogP) is 6.04. The van der Waals surface area contributed by atoms with Crippen molar-refractivity contribution in [3.05, 3.63) is 69.7 Å². The lowest BCUT2D eigenvalue weighted by atomic mass is 9.53. The molecule has 1 aromatic carbocycles. The van der Waals surface area contributed by atoms with Crippen molar-refractivity contribution in [2.45, 2.75) is 100 Å². The lowest BCUT2D eigenvalue weighted by Gasteiger charge is -2.50. The summed E-state index contributed by atoms with van der Waals surface area (Å²) in [4.78, 5) is 33.4. The molecule has 3 aromatic rings. The largest absolute Gasteiger partial charge is 0.428 e. The average Bonchev–Trinajstić information content (AvgIpc) is 3.70. The second-order valence-corrected chi connectivity index (χ2v) is 14.4. The molecule has 0 radical (unpaired) electrons. The fraction of sp³-hybridized carbons (Fsp3) is 0.531. The van der Waals surface area contributed by atoms with E-state index in [0.29, 0.717) is 30.1 Å². The number of aromatic nitrogens is 3. The van der Waals surface area contributed by atoms with Crippen LogP contribution in [-0.2, 0) is 15.0 Å². The molecule has 1 saturated heterocycles. The van der Waals surface area contributed by atoms with E-state index in [-0.39, 0.29) is 44.9 Å². The Hall–Kier alpha value is -3.08. The summed E-state index contributed by atoms with van der Waals surface area (Å²) in [6.45, 7) is 4.43. The highest BCUT2D eigenvalue weighted by Crippen LogP contribution is 2.63. The van der Waals surface area contributed by atoms with Gasteiger partial charge in [-0.1, -0.05) is 55.2 Å². The minimum absolute atomic E-state index is 0.0540. The van der Waals surface area contributed by atoms with Gasteiger partial charge in [-0.05, 0) is 74.5 Å². The van der Waals surface area contributed by atoms with Gasteiger partial charge >= 0.3 is 0 Å². The maximum atomic E-state index is 16.1. The monoisotopic (exact) mass is 640 g/mol. The van der Waals surface area contributed by atoms with E-state index in [0.717, 1.165) is 38.5 Å². The van der Waals surface area contributed by atoms with Crippen molar-refractivity contribution in [1.29, 1.82) is 0 Å². The van der Waals surface area contributed by atoms with Gasteiger partial charge in [0, 0.05) is 29.0 Å². The van der Waals surface area contributed by atoms with Crippen LogP contribution in [0.4, 0.5) is 10.2 Å². The van der Waals surface area contributed by atoms with Crippen molar-refractivity contribution >= 4 is 40.8 Å². The molecule has 2 aliphatic carbocycles. The molecule has 0 bridgehead atoms. The van der Waals surface area contributed by atoms with Crippen LogP contribution in [-0.4, -0.2) is 44.6 Å². The van der Waals surface area contributed by atoms with Gasteiger partial charge in [0.1, 0.15) is 22.2 Å². The van der Waals surface area contributed by atoms with E-state index in [1.54, 1.807) is 24.3 Å². The fourth-order valence-corrected chi connectivity index (χ4v) is 8.75. The lowest BCUT2D eigenvalue weighted by Crippen LogP contribution is -2.61. The molecule has 2 aliphatic heterocycles. The minimum atomic E-state index is -1.33. The topological polar surface area (TPSA) is 122 Å². The highest BCUT2D eigenvalue weighted by Gasteiger charge is 2.73. The zero-order chi connectivity index (χ0) is 30.9. The van der Waals surface area contributed by atoms with E-state index in [4.69, 9.17) is 27.6 Å². The maximum absolute atomic E-state index is 16.1. The van der Waals surface area contributed by atoms with Gasteiger partial charge in [0.2, 0.25) is 24.1 Å². The number of anilines is 1. The summed E-state index contributed by atoms with van der Waals surface area (Å²) in [5.41, 5.74) is -1.27. The Morgan fingerprint density at radius 1 is 1.07 bits per heavy atom. The number of nitrogens with zero attached hydrogens (tertiary/aromatic N) is 3. The third kappa shape index (κ3) is 4.55. The maximum Gasteiger partial charge on any atom is 0.238 e. The molecule has 9 nitrogen and oxygen atoms in total. The highest BCUT2D eigenvalue weighted by molar-refractivity contribution is 6.31. The van der Waals surface area contributed by atoms with Crippen LogP contribution in [0.1, 0.15) is 94.1 Å². The van der Waals surface area contributed by atoms with Gasteiger partial charge in [-0.3, -0.25) is 14.9 Å². The van der Waals surface area contributed by atoms with Crippen LogP contribution >= 0.6 is 23.2 Å². The second-order valence-electron chi connectivity index (χ2n) is 13.6. The number of carbonyl (C=O) groups excluding carboxylic acids is 2. The molecule has 3 N–H and O–H groups in total. The number of benzene rings is 1. The first-order valence-corrected chi connectivity index (χ1v) is 16.1. The number of nitrogens with one attached hydrogen (secondary N) is 3. The van der Waals surface area contributed by atoms with E-state index in [9.17, 15) is 9.59 Å². The molecule has 4 aliphatic rings. The van der Waals surface area contributed by atoms with Gasteiger partial charge in [0.25, 0.3) is 0 Å². The summed E-state index contributed by atoms with van der Waals surface area (Å²) >= 11 is 12.6. The van der Waals surface area contributed by atoms with Gasteiger partial charge in [0.05, 0.1) is 11.1 Å². The molecule has 4 heterocycles. The second kappa shape index (κ2) is 10.8. The summed E-state index contributed by atoms with van der Waals surface area (Å²) in [5, 5.41) is 18.0. The van der Waals surface area contributed by atoms with Gasteiger partial charge in [-0.2, -0.15) is 0 Å². The zero-order valence-corrected chi connectivity index (χ0v) is 26.1. The lowest BCUT2D eigenvalue weighted by molar-refractivity contribution is -0.125. The first kappa shape index (κ1) is 29.6. The molecule has 2 spiro atoms. The number of hydrogen-bond donors (Lipinski definition) is 3. The summed E-state index contributed by atoms with van der Waals surface area (Å²) in [6, 6.07) is 7.26. The SMILES string of the molecule is CC1(C)CCC2(CC1)N[C@@H](C(=O)NC1CCC(c3nnco3)CC1)[C@H](c1cccc(Cl)c1F)[C@]21C(=O)Nc2nc(Cl)ccc21. The van der Waals surface area contributed by atoms with Crippen molar-refractivity contribution in [3.8, 4) is 0 Å². The predicted molar refractivity (Wildman–Crippen MR) is 163 cm³/mol. The summed E-state index contributed by atoms with van der Waals surface area (Å²) in [6.07, 6.45) is 7.28. The molecule has 44 heavy (non-hydrogen) atoms. The Labute approximate surface area is 265 Å². The molecule has 3 fully saturated rings. The van der Waals surface area contributed by atoms with Gasteiger partial charge in [0.15, 0.2) is 0 Å². The fourth-order valence-electron chi connectivity index (χ4n) is 8.42. The Bertz CT molecular complexity index is 1600. The van der Waals surface area contributed by atoms with Crippen LogP contribution in [0.3, 0.4) is 0 Å². The Morgan fingerprint density at radius 2 is 1.82 bits per heavy atom. The zero-order valence-electron chi connectivity index (χ0n) is 24.6. The van der Waals surface area contributed by atoms with E-state index >= 15 is 4.39 Å². The van der Waals surface area contributed by atoms with Crippen molar-refractivity contribution in [1.82, 2.24) is 25.8 Å². The molecule has 0 unspecified atom stereocenters. The third-order valence-corrected chi connectivity index (χ3v) is 11.2. The average molecular weight is 642 g/mol. The van der Waals surface area contributed by atoms with Gasteiger partial charge in [-0.25, -0.2) is 9.37 Å². The number of carbonyl (C=O) groups is 2. The van der Waals surface area contributed by atoms with Crippen LogP contribution in [0, 0.1) is 11.2 Å². The number of fused-ring (bicyclic) bond motifs is 3. The molecule has 2 amide bonds. The molecule has 2 saturated carbocycles. The van der Waals surface area contributed by atoms with Crippen molar-refractivity contribution in [2.75, 3.05) is 5.32 Å². The normalized spacial score (nSPS) is 30.3. The van der Waals surface area contributed by atoms with E-state index in [1.165, 1.54) is 12.5 Å². The van der Waals surface area contributed by atoms with Crippen LogP contribution in [0.25, 0.3) is 0 Å². The van der Waals surface area contributed by atoms with Crippen LogP contribution < -0.4 is 16.0 Å². The first-order valence-electron chi connectivity index (χ1n) is 15.3. The Morgan fingerprint density at radius 3 is 2.52 bits per heavy atom. The van der Waals surface area contributed by atoms with Crippen molar-refractivity contribution in [3.63, 3.8) is 0 Å². The standard InChI is InChI=1S/C32H35Cl2FN6O3/c1-30(2)12-14-31(15-13-30)32(20-10-11-22(34)38-26(20)39-29(32)43)23(19-4-3-5-21(33)24(19)35)25(40-31)27(42)37-18-8-6-17(7-9-18)28-41-36-16-44-28/h3-5,10-11,16-18,23,25,40H,6-9,12-15H2,1-2H3,(H,37,42)(H,38,39,43)/t17?,18?,23-,25+,32+/m0/s1. The van der Waals surface area contributed by atoms with E-state index in [1.807, 2.05) is 0 Å². The molecule has 7 rings (SSSR count). The number of pyridine rings is 1. The van der Waals surface area contributed by atoms with Crippen LogP contribution in [0.15, 0.2) is 41.1 Å². The molecular weight excluding hydrogens is 606 g/mol. The summed E-state index contributed by atoms with van der Waals surface area (Å²) in [5.74, 6) is -0.988. The van der Waals surface area contributed by atoms with Crippen molar-refractivity contribution < 1.29 is 18.4 Å². The minimum Gasteiger partial charge on any atom is -0.428 e. The van der Waals surface area contributed by atoms with Crippen molar-refractivity contribution in [2.24, 2.45) is 5.41 Å². The third-order valence-electron chi connectivity index (χ3n) is 10.7. The molecule has 12 heteroatoms. The highest BCUT2D eigenvalue weighted by atomic mass is 35.5. The smallest absolute Gasteiger partial charge is 0.238 e. The van der Waals surface area contributed by atoms with E-state index in [2.05, 4.69) is 45.0 Å². The Kier molecular flexibility index (Phi) is 7.25. The molecule has 3 atom stereocenters. The molecular formula is C32H35Cl2FN6O3. The molecule has 2 aromatic heterocycles. The Balaban J connectivity index is 1.31. The van der Waals surface area contributed by atoms with Gasteiger partial charge in [-0.15, -0.1) is 10.2 Å². The van der Waals surface area contributed by atoms with Crippen LogP contribution in [0.2, 0.25) is 10.2 Å². The first-order chi connectivity index (χ1) is 21.0. The molecule has 232 valence electrons. The number of hydrogen-bond acceptors (Lipinski definition) is 7. The number of rotatable bonds is 4. The summed E-state index contributed by atoms with van der Waals surface area (Å²) in [7, 11) is 0. The quantitative estimate of drug-likeness (QED) is 0.297. The number of halogens is 3. The summed E-state index contributed by atoms with van der Waals surface area (Å²) < 4.78 is 21.5.